The molecule has 88 valence electrons. The lowest BCUT2D eigenvalue weighted by Gasteiger charge is -2.14. The van der Waals surface area contributed by atoms with Gasteiger partial charge in [0.05, 0.1) is 0 Å². The molecule has 0 aromatic rings. The predicted molar refractivity (Wildman–Crippen MR) is 62.8 cm³/mol. The van der Waals surface area contributed by atoms with Crippen LogP contribution in [0.1, 0.15) is 46.5 Å². The molecule has 2 unspecified atom stereocenters. The van der Waals surface area contributed by atoms with Gasteiger partial charge in [-0.3, -0.25) is 0 Å². The molecule has 0 heterocycles. The summed E-state index contributed by atoms with van der Waals surface area (Å²) in [7, 11) is 0. The average molecular weight is 212 g/mol. The molecule has 2 atom stereocenters. The summed E-state index contributed by atoms with van der Waals surface area (Å²) in [6.45, 7) is 7.18. The third-order valence-corrected chi connectivity index (χ3v) is 3.02. The summed E-state index contributed by atoms with van der Waals surface area (Å²) in [4.78, 5) is 11.3. The van der Waals surface area contributed by atoms with Gasteiger partial charge in [-0.15, -0.1) is 0 Å². The second-order valence-corrected chi connectivity index (χ2v) is 5.01. The SMILES string of the molecule is CCNC(=O)NC1CCC(CC(C)C)C1. The Morgan fingerprint density at radius 2 is 2.13 bits per heavy atom. The van der Waals surface area contributed by atoms with E-state index in [1.807, 2.05) is 6.92 Å². The molecule has 0 spiro atoms. The van der Waals surface area contributed by atoms with Crippen molar-refractivity contribution in [1.82, 2.24) is 10.6 Å². The average Bonchev–Trinajstić information content (AvgIpc) is 2.51. The predicted octanol–water partition coefficient (Wildman–Crippen LogP) is 2.52. The molecule has 1 rings (SSSR count). The number of amides is 2. The van der Waals surface area contributed by atoms with E-state index in [1.165, 1.54) is 12.8 Å². The maximum Gasteiger partial charge on any atom is 0.314 e. The van der Waals surface area contributed by atoms with Gasteiger partial charge in [0.15, 0.2) is 0 Å². The largest absolute Gasteiger partial charge is 0.338 e. The van der Waals surface area contributed by atoms with Crippen LogP contribution in [0, 0.1) is 11.8 Å². The molecule has 1 saturated carbocycles. The van der Waals surface area contributed by atoms with Crippen LogP contribution in [0.2, 0.25) is 0 Å². The van der Waals surface area contributed by atoms with Crippen LogP contribution >= 0.6 is 0 Å². The molecule has 1 aliphatic rings. The first-order valence-electron chi connectivity index (χ1n) is 6.16. The van der Waals surface area contributed by atoms with E-state index in [2.05, 4.69) is 24.5 Å². The van der Waals surface area contributed by atoms with Gasteiger partial charge < -0.3 is 10.6 Å². The second-order valence-electron chi connectivity index (χ2n) is 5.01. The fraction of sp³-hybridized carbons (Fsp3) is 0.917. The zero-order valence-corrected chi connectivity index (χ0v) is 10.2. The van der Waals surface area contributed by atoms with Crippen LogP contribution in [-0.2, 0) is 0 Å². The number of hydrogen-bond acceptors (Lipinski definition) is 1. The molecule has 2 amide bonds. The second kappa shape index (κ2) is 5.99. The molecule has 15 heavy (non-hydrogen) atoms. The van der Waals surface area contributed by atoms with E-state index >= 15 is 0 Å². The van der Waals surface area contributed by atoms with E-state index in [9.17, 15) is 4.79 Å². The van der Waals surface area contributed by atoms with Crippen LogP contribution in [-0.4, -0.2) is 18.6 Å². The van der Waals surface area contributed by atoms with E-state index in [0.717, 1.165) is 24.7 Å². The Bertz CT molecular complexity index is 204. The minimum absolute atomic E-state index is 0.00676. The molecule has 0 aliphatic heterocycles. The number of urea groups is 1. The Morgan fingerprint density at radius 1 is 1.40 bits per heavy atom. The quantitative estimate of drug-likeness (QED) is 0.738. The number of nitrogens with one attached hydrogen (secondary N) is 2. The van der Waals surface area contributed by atoms with Crippen molar-refractivity contribution in [3.8, 4) is 0 Å². The number of hydrogen-bond donors (Lipinski definition) is 2. The fourth-order valence-electron chi connectivity index (χ4n) is 2.48. The first kappa shape index (κ1) is 12.3. The van der Waals surface area contributed by atoms with Crippen LogP contribution in [0.25, 0.3) is 0 Å². The summed E-state index contributed by atoms with van der Waals surface area (Å²) >= 11 is 0. The van der Waals surface area contributed by atoms with Gasteiger partial charge in [0, 0.05) is 12.6 Å². The molecular formula is C12H24N2O. The maximum absolute atomic E-state index is 11.3. The maximum atomic E-state index is 11.3. The lowest BCUT2D eigenvalue weighted by atomic mass is 9.96. The van der Waals surface area contributed by atoms with Crippen LogP contribution in [0.3, 0.4) is 0 Å². The van der Waals surface area contributed by atoms with Gasteiger partial charge in [-0.1, -0.05) is 13.8 Å². The number of carbonyl (C=O) groups excluding carboxylic acids is 1. The Labute approximate surface area is 93.0 Å². The van der Waals surface area contributed by atoms with Crippen molar-refractivity contribution >= 4 is 6.03 Å². The molecule has 0 saturated heterocycles. The highest BCUT2D eigenvalue weighted by Gasteiger charge is 2.25. The number of rotatable bonds is 4. The summed E-state index contributed by atoms with van der Waals surface area (Å²) < 4.78 is 0. The molecule has 3 nitrogen and oxygen atoms in total. The minimum atomic E-state index is -0.00676. The highest BCUT2D eigenvalue weighted by molar-refractivity contribution is 5.74. The highest BCUT2D eigenvalue weighted by atomic mass is 16.2. The van der Waals surface area contributed by atoms with Gasteiger partial charge in [0.25, 0.3) is 0 Å². The van der Waals surface area contributed by atoms with Crippen LogP contribution < -0.4 is 10.6 Å². The van der Waals surface area contributed by atoms with Crippen LogP contribution in [0.15, 0.2) is 0 Å². The molecule has 0 radical (unpaired) electrons. The minimum Gasteiger partial charge on any atom is -0.338 e. The van der Waals surface area contributed by atoms with Crippen molar-refractivity contribution in [3.63, 3.8) is 0 Å². The smallest absolute Gasteiger partial charge is 0.314 e. The molecule has 0 aromatic heterocycles. The summed E-state index contributed by atoms with van der Waals surface area (Å²) in [6, 6.07) is 0.396. The van der Waals surface area contributed by atoms with E-state index in [1.54, 1.807) is 0 Å². The van der Waals surface area contributed by atoms with Crippen molar-refractivity contribution < 1.29 is 4.79 Å². The Hall–Kier alpha value is -0.730. The Kier molecular flexibility index (Phi) is 4.92. The van der Waals surface area contributed by atoms with Gasteiger partial charge in [0.1, 0.15) is 0 Å². The zero-order valence-electron chi connectivity index (χ0n) is 10.2. The van der Waals surface area contributed by atoms with Crippen molar-refractivity contribution in [2.75, 3.05) is 6.54 Å². The van der Waals surface area contributed by atoms with Gasteiger partial charge in [-0.25, -0.2) is 4.79 Å². The van der Waals surface area contributed by atoms with Crippen molar-refractivity contribution in [3.05, 3.63) is 0 Å². The van der Waals surface area contributed by atoms with E-state index in [4.69, 9.17) is 0 Å². The fourth-order valence-corrected chi connectivity index (χ4v) is 2.48. The topological polar surface area (TPSA) is 41.1 Å². The first-order chi connectivity index (χ1) is 7.11. The van der Waals surface area contributed by atoms with Gasteiger partial charge in [-0.2, -0.15) is 0 Å². The van der Waals surface area contributed by atoms with E-state index < -0.39 is 0 Å². The highest BCUT2D eigenvalue weighted by Crippen LogP contribution is 2.30. The molecule has 3 heteroatoms. The molecule has 1 aliphatic carbocycles. The van der Waals surface area contributed by atoms with E-state index in [-0.39, 0.29) is 6.03 Å². The zero-order chi connectivity index (χ0) is 11.3. The molecule has 0 bridgehead atoms. The van der Waals surface area contributed by atoms with Crippen LogP contribution in [0.4, 0.5) is 4.79 Å². The third-order valence-electron chi connectivity index (χ3n) is 3.02. The Balaban J connectivity index is 2.21. The standard InChI is InChI=1S/C12H24N2O/c1-4-13-12(15)14-11-6-5-10(8-11)7-9(2)3/h9-11H,4-8H2,1-3H3,(H2,13,14,15). The van der Waals surface area contributed by atoms with Crippen molar-refractivity contribution in [1.29, 1.82) is 0 Å². The molecule has 2 N–H and O–H groups in total. The summed E-state index contributed by atoms with van der Waals surface area (Å²) in [5.41, 5.74) is 0. The van der Waals surface area contributed by atoms with Gasteiger partial charge in [-0.05, 0) is 44.4 Å². The van der Waals surface area contributed by atoms with Crippen molar-refractivity contribution in [2.45, 2.75) is 52.5 Å². The lowest BCUT2D eigenvalue weighted by molar-refractivity contribution is 0.237. The number of carbonyl (C=O) groups is 1. The van der Waals surface area contributed by atoms with Crippen LogP contribution in [0.5, 0.6) is 0 Å². The first-order valence-corrected chi connectivity index (χ1v) is 6.16. The normalized spacial score (nSPS) is 25.6. The van der Waals surface area contributed by atoms with Crippen molar-refractivity contribution in [2.24, 2.45) is 11.8 Å². The third kappa shape index (κ3) is 4.54. The molecule has 1 fully saturated rings. The summed E-state index contributed by atoms with van der Waals surface area (Å²) in [5, 5.41) is 5.81. The Morgan fingerprint density at radius 3 is 2.73 bits per heavy atom. The molecule has 0 aromatic carbocycles. The van der Waals surface area contributed by atoms with E-state index in [0.29, 0.717) is 12.6 Å². The lowest BCUT2D eigenvalue weighted by Crippen LogP contribution is -2.40. The summed E-state index contributed by atoms with van der Waals surface area (Å²) in [5.74, 6) is 1.59. The van der Waals surface area contributed by atoms with Gasteiger partial charge >= 0.3 is 6.03 Å². The summed E-state index contributed by atoms with van der Waals surface area (Å²) in [6.07, 6.45) is 4.88. The monoisotopic (exact) mass is 212 g/mol. The van der Waals surface area contributed by atoms with Gasteiger partial charge in [0.2, 0.25) is 0 Å². The molecular weight excluding hydrogens is 188 g/mol.